The molecular weight excluding hydrogens is 314 g/mol. The predicted octanol–water partition coefficient (Wildman–Crippen LogP) is 1.32. The van der Waals surface area contributed by atoms with Gasteiger partial charge in [-0.2, -0.15) is 0 Å². The summed E-state index contributed by atoms with van der Waals surface area (Å²) < 4.78 is 0. The van der Waals surface area contributed by atoms with Crippen LogP contribution in [0.5, 0.6) is 5.75 Å². The van der Waals surface area contributed by atoms with Crippen LogP contribution in [0.3, 0.4) is 0 Å². The normalized spacial score (nSPS) is 21.6. The summed E-state index contributed by atoms with van der Waals surface area (Å²) in [4.78, 5) is 16.3. The van der Waals surface area contributed by atoms with Gasteiger partial charge in [-0.15, -0.1) is 0 Å². The van der Waals surface area contributed by atoms with E-state index in [0.29, 0.717) is 11.8 Å². The molecule has 2 fully saturated rings. The third kappa shape index (κ3) is 4.88. The highest BCUT2D eigenvalue weighted by molar-refractivity contribution is 5.80. The number of nitrogens with zero attached hydrogens (tertiary/aromatic N) is 1. The number of benzene rings is 1. The van der Waals surface area contributed by atoms with E-state index in [-0.39, 0.29) is 11.9 Å². The van der Waals surface area contributed by atoms with Crippen LogP contribution in [0.15, 0.2) is 24.3 Å². The molecule has 5 heteroatoms. The Morgan fingerprint density at radius 2 is 1.72 bits per heavy atom. The Balaban J connectivity index is 1.48. The zero-order chi connectivity index (χ0) is 17.6. The molecule has 25 heavy (non-hydrogen) atoms. The fourth-order valence-electron chi connectivity index (χ4n) is 4.08. The first kappa shape index (κ1) is 18.1. The number of carbonyl (C=O) groups is 1. The van der Waals surface area contributed by atoms with E-state index in [1.165, 1.54) is 30.6 Å². The minimum Gasteiger partial charge on any atom is -0.508 e. The smallest absolute Gasteiger partial charge is 0.278 e. The Bertz CT molecular complexity index is 545. The van der Waals surface area contributed by atoms with Gasteiger partial charge in [-0.05, 0) is 44.0 Å². The van der Waals surface area contributed by atoms with Crippen molar-refractivity contribution in [2.24, 2.45) is 0 Å². The summed E-state index contributed by atoms with van der Waals surface area (Å²) >= 11 is 0. The number of carbonyl (C=O) groups excluding carboxylic acids is 1. The number of aromatic hydroxyl groups is 1. The zero-order valence-corrected chi connectivity index (χ0v) is 15.3. The molecule has 1 saturated heterocycles. The number of hydrogen-bond donors (Lipinski definition) is 3. The van der Waals surface area contributed by atoms with Crippen LogP contribution in [0.1, 0.15) is 45.4 Å². The Labute approximate surface area is 151 Å². The second-order valence-electron chi connectivity index (χ2n) is 7.58. The summed E-state index contributed by atoms with van der Waals surface area (Å²) in [6.07, 6.45) is 7.40. The molecule has 1 atom stereocenters. The minimum atomic E-state index is 0.0187. The number of rotatable bonds is 4. The van der Waals surface area contributed by atoms with E-state index in [2.05, 4.69) is 17.1 Å². The number of anilines is 1. The molecule has 1 amide bonds. The van der Waals surface area contributed by atoms with E-state index in [9.17, 15) is 9.90 Å². The number of hydrogen-bond acceptors (Lipinski definition) is 3. The minimum absolute atomic E-state index is 0.0187. The average Bonchev–Trinajstić information content (AvgIpc) is 2.90. The van der Waals surface area contributed by atoms with Gasteiger partial charge in [0.05, 0.1) is 26.2 Å². The zero-order valence-electron chi connectivity index (χ0n) is 15.3. The Morgan fingerprint density at radius 3 is 2.32 bits per heavy atom. The van der Waals surface area contributed by atoms with Gasteiger partial charge in [-0.25, -0.2) is 0 Å². The maximum atomic E-state index is 12.6. The fourth-order valence-corrected chi connectivity index (χ4v) is 4.08. The van der Waals surface area contributed by atoms with E-state index >= 15 is 0 Å². The van der Waals surface area contributed by atoms with Crippen molar-refractivity contribution in [3.63, 3.8) is 0 Å². The summed E-state index contributed by atoms with van der Waals surface area (Å²) in [6, 6.07) is 7.79. The predicted molar refractivity (Wildman–Crippen MR) is 100 cm³/mol. The highest BCUT2D eigenvalue weighted by Crippen LogP contribution is 2.18. The van der Waals surface area contributed by atoms with Gasteiger partial charge in [-0.3, -0.25) is 4.79 Å². The van der Waals surface area contributed by atoms with Gasteiger partial charge < -0.3 is 20.2 Å². The van der Waals surface area contributed by atoms with Crippen LogP contribution < -0.4 is 15.1 Å². The van der Waals surface area contributed by atoms with Crippen molar-refractivity contribution in [2.75, 3.05) is 31.1 Å². The Hall–Kier alpha value is -1.75. The third-order valence-corrected chi connectivity index (χ3v) is 5.83. The number of piperazine rings is 1. The Morgan fingerprint density at radius 1 is 1.12 bits per heavy atom. The molecule has 1 aliphatic heterocycles. The van der Waals surface area contributed by atoms with Gasteiger partial charge >= 0.3 is 0 Å². The van der Waals surface area contributed by atoms with Crippen LogP contribution >= 0.6 is 0 Å². The molecule has 1 aromatic rings. The van der Waals surface area contributed by atoms with E-state index in [1.54, 1.807) is 12.1 Å². The summed E-state index contributed by atoms with van der Waals surface area (Å²) in [5.41, 5.74) is 1.15. The van der Waals surface area contributed by atoms with Gasteiger partial charge in [0.15, 0.2) is 6.04 Å². The first-order valence-corrected chi connectivity index (χ1v) is 9.82. The largest absolute Gasteiger partial charge is 0.508 e. The quantitative estimate of drug-likeness (QED) is 0.721. The van der Waals surface area contributed by atoms with Crippen LogP contribution in [0, 0.1) is 0 Å². The van der Waals surface area contributed by atoms with Gasteiger partial charge in [0.25, 0.3) is 5.91 Å². The van der Waals surface area contributed by atoms with Crippen LogP contribution in [0.2, 0.25) is 0 Å². The molecule has 0 unspecified atom stereocenters. The van der Waals surface area contributed by atoms with Crippen LogP contribution in [-0.4, -0.2) is 49.3 Å². The van der Waals surface area contributed by atoms with E-state index in [1.807, 2.05) is 12.1 Å². The summed E-state index contributed by atoms with van der Waals surface area (Å²) in [7, 11) is 0. The summed E-state index contributed by atoms with van der Waals surface area (Å²) in [6.45, 7) is 5.90. The van der Waals surface area contributed by atoms with Gasteiger partial charge in [0, 0.05) is 11.7 Å². The molecule has 138 valence electrons. The van der Waals surface area contributed by atoms with Crippen LogP contribution in [-0.2, 0) is 4.79 Å². The second-order valence-corrected chi connectivity index (χ2v) is 7.58. The lowest BCUT2D eigenvalue weighted by molar-refractivity contribution is -0.914. The highest BCUT2D eigenvalue weighted by atomic mass is 16.3. The molecule has 3 N–H and O–H groups in total. The number of phenols is 1. The van der Waals surface area contributed by atoms with Gasteiger partial charge in [-0.1, -0.05) is 25.7 Å². The second kappa shape index (κ2) is 8.56. The number of nitrogens with one attached hydrogen (secondary N) is 2. The SMILES string of the molecule is C[C@H](C(=O)NC1CCCCCC1)[NH+]1CCN(c2ccc(O)cc2)CC1. The van der Waals surface area contributed by atoms with Crippen molar-refractivity contribution in [1.29, 1.82) is 0 Å². The first-order valence-electron chi connectivity index (χ1n) is 9.82. The number of quaternary nitrogens is 1. The molecule has 0 radical (unpaired) electrons. The maximum Gasteiger partial charge on any atom is 0.278 e. The molecule has 0 aromatic heterocycles. The molecular formula is C20H32N3O2+. The van der Waals surface area contributed by atoms with Gasteiger partial charge in [0.1, 0.15) is 5.75 Å². The fraction of sp³-hybridized carbons (Fsp3) is 0.650. The molecule has 1 heterocycles. The average molecular weight is 346 g/mol. The summed E-state index contributed by atoms with van der Waals surface area (Å²) in [5, 5.41) is 12.7. The highest BCUT2D eigenvalue weighted by Gasteiger charge is 2.30. The van der Waals surface area contributed by atoms with Crippen molar-refractivity contribution in [2.45, 2.75) is 57.5 Å². The van der Waals surface area contributed by atoms with Crippen molar-refractivity contribution in [3.8, 4) is 5.75 Å². The lowest BCUT2D eigenvalue weighted by Crippen LogP contribution is -3.19. The van der Waals surface area contributed by atoms with Crippen molar-refractivity contribution >= 4 is 11.6 Å². The van der Waals surface area contributed by atoms with Crippen molar-refractivity contribution < 1.29 is 14.8 Å². The molecule has 0 spiro atoms. The molecule has 1 saturated carbocycles. The summed E-state index contributed by atoms with van der Waals surface area (Å²) in [5.74, 6) is 0.525. The molecule has 5 nitrogen and oxygen atoms in total. The van der Waals surface area contributed by atoms with Crippen molar-refractivity contribution in [3.05, 3.63) is 24.3 Å². The van der Waals surface area contributed by atoms with Crippen LogP contribution in [0.25, 0.3) is 0 Å². The standard InChI is InChI=1S/C20H31N3O2/c1-16(20(25)21-17-6-4-2-3-5-7-17)22-12-14-23(15-13-22)18-8-10-19(24)11-9-18/h8-11,16-17,24H,2-7,12-15H2,1H3,(H,21,25)/p+1/t16-/m1/s1. The third-order valence-electron chi connectivity index (χ3n) is 5.83. The van der Waals surface area contributed by atoms with E-state index in [4.69, 9.17) is 0 Å². The monoisotopic (exact) mass is 346 g/mol. The Kier molecular flexibility index (Phi) is 6.19. The number of amides is 1. The van der Waals surface area contributed by atoms with Crippen LogP contribution in [0.4, 0.5) is 5.69 Å². The molecule has 1 aliphatic carbocycles. The van der Waals surface area contributed by atoms with E-state index < -0.39 is 0 Å². The topological polar surface area (TPSA) is 57.0 Å². The lowest BCUT2D eigenvalue weighted by atomic mass is 10.1. The maximum absolute atomic E-state index is 12.6. The molecule has 3 rings (SSSR count). The molecule has 0 bridgehead atoms. The molecule has 2 aliphatic rings. The van der Waals surface area contributed by atoms with E-state index in [0.717, 1.165) is 44.7 Å². The number of phenolic OH excluding ortho intramolecular Hbond substituents is 1. The lowest BCUT2D eigenvalue weighted by Gasteiger charge is -2.36. The van der Waals surface area contributed by atoms with Gasteiger partial charge in [0.2, 0.25) is 0 Å². The first-order chi connectivity index (χ1) is 12.1. The van der Waals surface area contributed by atoms with Crippen molar-refractivity contribution in [1.82, 2.24) is 5.32 Å². The molecule has 1 aromatic carbocycles.